The molecule has 0 aliphatic heterocycles. The number of hydrazine groups is 1. The number of amides is 2. The van der Waals surface area contributed by atoms with Crippen molar-refractivity contribution in [3.8, 4) is 0 Å². The SMILES string of the molecule is CC[C@H](C)[C@@H](C(=O)NC(C(=O)O)C(C)C)N(N)C(=O)C[C@H](C(=O)OCc1ccccc1)[C@@H](N)Cc1ccccc1. The number of carboxylic acids is 1. The lowest BCUT2D eigenvalue weighted by Gasteiger charge is -2.33. The Labute approximate surface area is 236 Å². The van der Waals surface area contributed by atoms with Gasteiger partial charge in [-0.1, -0.05) is 94.8 Å². The lowest BCUT2D eigenvalue weighted by Crippen LogP contribution is -2.59. The first-order valence-corrected chi connectivity index (χ1v) is 13.6. The second-order valence-electron chi connectivity index (χ2n) is 10.5. The van der Waals surface area contributed by atoms with Crippen molar-refractivity contribution < 1.29 is 29.0 Å². The maximum atomic E-state index is 13.5. The molecule has 0 fully saturated rings. The first kappa shape index (κ1) is 32.5. The molecule has 0 saturated carbocycles. The summed E-state index contributed by atoms with van der Waals surface area (Å²) in [6.45, 7) is 6.93. The fraction of sp³-hybridized carbons (Fsp3) is 0.467. The molecule has 2 rings (SSSR count). The standard InChI is InChI=1S/C30H42N4O6/c1-5-20(4)27(28(36)33-26(19(2)3)29(37)38)34(32)25(35)17-23(24(31)16-21-12-8-6-9-13-21)30(39)40-18-22-14-10-7-11-15-22/h6-15,19-20,23-24,26-27H,5,16-18,31-32H2,1-4H3,(H,33,36)(H,37,38)/t20-,23-,24-,26?,27-/m0/s1. The van der Waals surface area contributed by atoms with Gasteiger partial charge >= 0.3 is 11.9 Å². The molecule has 2 aromatic carbocycles. The molecule has 218 valence electrons. The summed E-state index contributed by atoms with van der Waals surface area (Å²) in [4.78, 5) is 51.5. The smallest absolute Gasteiger partial charge is 0.326 e. The van der Waals surface area contributed by atoms with Crippen molar-refractivity contribution in [3.63, 3.8) is 0 Å². The van der Waals surface area contributed by atoms with Gasteiger partial charge < -0.3 is 20.9 Å². The molecule has 2 amide bonds. The second kappa shape index (κ2) is 15.7. The molecule has 0 bridgehead atoms. The van der Waals surface area contributed by atoms with Crippen molar-refractivity contribution in [3.05, 3.63) is 71.8 Å². The van der Waals surface area contributed by atoms with Crippen LogP contribution in [0.2, 0.25) is 0 Å². The van der Waals surface area contributed by atoms with Crippen molar-refractivity contribution in [1.29, 1.82) is 0 Å². The topological polar surface area (TPSA) is 165 Å². The summed E-state index contributed by atoms with van der Waals surface area (Å²) in [5.74, 6) is 1.21. The van der Waals surface area contributed by atoms with Crippen molar-refractivity contribution in [2.24, 2.45) is 29.3 Å². The van der Waals surface area contributed by atoms with E-state index in [0.717, 1.165) is 16.1 Å². The monoisotopic (exact) mass is 554 g/mol. The minimum atomic E-state index is -1.19. The number of nitrogens with zero attached hydrogens (tertiary/aromatic N) is 1. The number of rotatable bonds is 15. The van der Waals surface area contributed by atoms with Crippen LogP contribution in [0.4, 0.5) is 0 Å². The molecule has 10 heteroatoms. The van der Waals surface area contributed by atoms with E-state index in [1.165, 1.54) is 0 Å². The van der Waals surface area contributed by atoms with Crippen LogP contribution in [0, 0.1) is 17.8 Å². The molecular formula is C30H42N4O6. The third kappa shape index (κ3) is 9.46. The number of benzene rings is 2. The number of hydrogen-bond acceptors (Lipinski definition) is 7. The van der Waals surface area contributed by atoms with Crippen LogP contribution in [0.3, 0.4) is 0 Å². The van der Waals surface area contributed by atoms with Crippen molar-refractivity contribution in [2.75, 3.05) is 0 Å². The predicted octanol–water partition coefficient (Wildman–Crippen LogP) is 2.65. The van der Waals surface area contributed by atoms with Gasteiger partial charge in [-0.05, 0) is 29.4 Å². The molecule has 10 nitrogen and oxygen atoms in total. The summed E-state index contributed by atoms with van der Waals surface area (Å²) in [5, 5.41) is 12.8. The Bertz CT molecular complexity index is 1110. The third-order valence-electron chi connectivity index (χ3n) is 7.02. The van der Waals surface area contributed by atoms with E-state index in [0.29, 0.717) is 12.8 Å². The Balaban J connectivity index is 2.26. The highest BCUT2D eigenvalue weighted by Gasteiger charge is 2.38. The van der Waals surface area contributed by atoms with E-state index in [1.807, 2.05) is 67.6 Å². The molecule has 6 N–H and O–H groups in total. The summed E-state index contributed by atoms with van der Waals surface area (Å²) in [7, 11) is 0. The fourth-order valence-corrected chi connectivity index (χ4v) is 4.36. The van der Waals surface area contributed by atoms with Crippen molar-refractivity contribution in [1.82, 2.24) is 10.3 Å². The lowest BCUT2D eigenvalue weighted by atomic mass is 9.90. The molecule has 0 radical (unpaired) electrons. The van der Waals surface area contributed by atoms with Crippen molar-refractivity contribution in [2.45, 2.75) is 71.7 Å². The van der Waals surface area contributed by atoms with E-state index < -0.39 is 53.7 Å². The zero-order valence-corrected chi connectivity index (χ0v) is 23.7. The third-order valence-corrected chi connectivity index (χ3v) is 7.02. The Morgan fingerprint density at radius 1 is 0.950 bits per heavy atom. The van der Waals surface area contributed by atoms with Gasteiger partial charge in [-0.15, -0.1) is 0 Å². The van der Waals surface area contributed by atoms with Gasteiger partial charge in [0.1, 0.15) is 18.7 Å². The molecule has 0 saturated heterocycles. The van der Waals surface area contributed by atoms with Crippen LogP contribution in [0.25, 0.3) is 0 Å². The number of esters is 1. The van der Waals surface area contributed by atoms with E-state index in [9.17, 15) is 24.3 Å². The Hall–Kier alpha value is -3.76. The molecular weight excluding hydrogens is 512 g/mol. The van der Waals surface area contributed by atoms with Crippen LogP contribution < -0.4 is 16.9 Å². The summed E-state index contributed by atoms with van der Waals surface area (Å²) >= 11 is 0. The van der Waals surface area contributed by atoms with Gasteiger partial charge in [-0.2, -0.15) is 0 Å². The van der Waals surface area contributed by atoms with E-state index in [2.05, 4.69) is 5.32 Å². The van der Waals surface area contributed by atoms with Gasteiger partial charge in [0.15, 0.2) is 0 Å². The minimum absolute atomic E-state index is 0.0123. The average molecular weight is 555 g/mol. The number of carbonyl (C=O) groups excluding carboxylic acids is 3. The van der Waals surface area contributed by atoms with Crippen LogP contribution >= 0.6 is 0 Å². The molecule has 0 aliphatic carbocycles. The van der Waals surface area contributed by atoms with Crippen LogP contribution in [0.15, 0.2) is 60.7 Å². The zero-order chi connectivity index (χ0) is 29.8. The second-order valence-corrected chi connectivity index (χ2v) is 10.5. The van der Waals surface area contributed by atoms with Crippen LogP contribution in [0.5, 0.6) is 0 Å². The maximum absolute atomic E-state index is 13.5. The number of hydrogen-bond donors (Lipinski definition) is 4. The predicted molar refractivity (Wildman–Crippen MR) is 151 cm³/mol. The quantitative estimate of drug-likeness (QED) is 0.113. The summed E-state index contributed by atoms with van der Waals surface area (Å²) in [6, 6.07) is 15.4. The van der Waals surface area contributed by atoms with Gasteiger partial charge in [0.05, 0.1) is 5.92 Å². The summed E-state index contributed by atoms with van der Waals surface area (Å²) < 4.78 is 5.54. The van der Waals surface area contributed by atoms with Gasteiger partial charge in [0.25, 0.3) is 0 Å². The highest BCUT2D eigenvalue weighted by molar-refractivity contribution is 5.91. The number of ether oxygens (including phenoxy) is 1. The Kier molecular flexibility index (Phi) is 12.8. The van der Waals surface area contributed by atoms with Crippen LogP contribution in [-0.4, -0.2) is 52.0 Å². The van der Waals surface area contributed by atoms with Crippen molar-refractivity contribution >= 4 is 23.8 Å². The molecule has 0 spiro atoms. The molecule has 5 atom stereocenters. The highest BCUT2D eigenvalue weighted by atomic mass is 16.5. The minimum Gasteiger partial charge on any atom is -0.480 e. The molecule has 1 unspecified atom stereocenters. The number of nitrogens with one attached hydrogen (secondary N) is 1. The van der Waals surface area contributed by atoms with E-state index in [4.69, 9.17) is 16.3 Å². The molecule has 2 aromatic rings. The maximum Gasteiger partial charge on any atom is 0.326 e. The highest BCUT2D eigenvalue weighted by Crippen LogP contribution is 2.20. The van der Waals surface area contributed by atoms with Gasteiger partial charge in [0, 0.05) is 12.5 Å². The molecule has 40 heavy (non-hydrogen) atoms. The number of aliphatic carboxylic acids is 1. The van der Waals surface area contributed by atoms with Crippen LogP contribution in [0.1, 0.15) is 51.7 Å². The normalized spacial score (nSPS) is 14.9. The average Bonchev–Trinajstić information content (AvgIpc) is 2.93. The number of carboxylic acid groups (broad SMARTS) is 1. The fourth-order valence-electron chi connectivity index (χ4n) is 4.36. The van der Waals surface area contributed by atoms with E-state index >= 15 is 0 Å². The lowest BCUT2D eigenvalue weighted by molar-refractivity contribution is -0.155. The molecule has 0 aromatic heterocycles. The summed E-state index contributed by atoms with van der Waals surface area (Å²) in [5.41, 5.74) is 8.13. The number of carbonyl (C=O) groups is 4. The van der Waals surface area contributed by atoms with Gasteiger partial charge in [0.2, 0.25) is 11.8 Å². The number of nitrogens with two attached hydrogens (primary N) is 2. The Morgan fingerprint density at radius 2 is 1.50 bits per heavy atom. The summed E-state index contributed by atoms with van der Waals surface area (Å²) in [6.07, 6.45) is 0.424. The molecule has 0 heterocycles. The van der Waals surface area contributed by atoms with E-state index in [1.54, 1.807) is 20.8 Å². The Morgan fingerprint density at radius 3 is 2.00 bits per heavy atom. The van der Waals surface area contributed by atoms with Crippen LogP contribution in [-0.2, 0) is 36.9 Å². The largest absolute Gasteiger partial charge is 0.480 e. The first-order valence-electron chi connectivity index (χ1n) is 13.6. The zero-order valence-electron chi connectivity index (χ0n) is 23.7. The van der Waals surface area contributed by atoms with E-state index in [-0.39, 0.29) is 18.9 Å². The van der Waals surface area contributed by atoms with Gasteiger partial charge in [-0.25, -0.2) is 10.6 Å². The molecule has 0 aliphatic rings. The first-order chi connectivity index (χ1) is 19.0. The van der Waals surface area contributed by atoms with Gasteiger partial charge in [-0.3, -0.25) is 19.4 Å².